The second-order valence-electron chi connectivity index (χ2n) is 6.54. The van der Waals surface area contributed by atoms with E-state index in [0.29, 0.717) is 24.3 Å². The van der Waals surface area contributed by atoms with Gasteiger partial charge in [-0.25, -0.2) is 0 Å². The Morgan fingerprint density at radius 3 is 2.55 bits per heavy atom. The van der Waals surface area contributed by atoms with Gasteiger partial charge >= 0.3 is 5.97 Å². The summed E-state index contributed by atoms with van der Waals surface area (Å²) in [5.41, 5.74) is 0.803. The topological polar surface area (TPSA) is 62.3 Å². The molecule has 5 nitrogen and oxygen atoms in total. The molecule has 22 heavy (non-hydrogen) atoms. The molecule has 3 aliphatic rings. The quantitative estimate of drug-likeness (QED) is 0.662. The van der Waals surface area contributed by atoms with Crippen LogP contribution < -0.4 is 0 Å². The molecule has 0 radical (unpaired) electrons. The average Bonchev–Trinajstić information content (AvgIpc) is 3.27. The Balaban J connectivity index is 1.42. The van der Waals surface area contributed by atoms with Crippen molar-refractivity contribution >= 4 is 5.97 Å². The zero-order chi connectivity index (χ0) is 15.3. The number of epoxide rings is 1. The summed E-state index contributed by atoms with van der Waals surface area (Å²) in [6.07, 6.45) is 2.26. The highest BCUT2D eigenvalue weighted by atomic mass is 16.6. The molecule has 3 aliphatic heterocycles. The highest BCUT2D eigenvalue weighted by Crippen LogP contribution is 2.48. The number of ether oxygens (including phenoxy) is 2. The van der Waals surface area contributed by atoms with Gasteiger partial charge in [0.05, 0.1) is 6.61 Å². The number of benzene rings is 1. The van der Waals surface area contributed by atoms with E-state index in [4.69, 9.17) is 9.47 Å². The number of fused-ring (bicyclic) bond motifs is 5. The maximum atomic E-state index is 12.4. The zero-order valence-electron chi connectivity index (χ0n) is 12.6. The molecule has 3 heterocycles. The lowest BCUT2D eigenvalue weighted by molar-refractivity contribution is -0.156. The third-order valence-electron chi connectivity index (χ3n) is 5.33. The first-order chi connectivity index (χ1) is 10.7. The van der Waals surface area contributed by atoms with Crippen molar-refractivity contribution in [2.24, 2.45) is 0 Å². The largest absolute Gasteiger partial charge is 0.462 e. The molecule has 1 aromatic carbocycles. The van der Waals surface area contributed by atoms with Crippen LogP contribution in [-0.2, 0) is 14.3 Å². The van der Waals surface area contributed by atoms with Gasteiger partial charge in [-0.1, -0.05) is 30.3 Å². The first kappa shape index (κ1) is 14.2. The van der Waals surface area contributed by atoms with Gasteiger partial charge in [-0.15, -0.1) is 0 Å². The van der Waals surface area contributed by atoms with Crippen molar-refractivity contribution < 1.29 is 19.4 Å². The molecule has 4 unspecified atom stereocenters. The number of hydrogen-bond donors (Lipinski definition) is 1. The van der Waals surface area contributed by atoms with Crippen LogP contribution in [0.1, 0.15) is 24.3 Å². The van der Waals surface area contributed by atoms with E-state index in [2.05, 4.69) is 11.9 Å². The van der Waals surface area contributed by atoms with E-state index >= 15 is 0 Å². The number of esters is 1. The molecule has 0 saturated carbocycles. The number of aliphatic hydroxyl groups is 1. The smallest absolute Gasteiger partial charge is 0.316 e. The molecule has 6 atom stereocenters. The van der Waals surface area contributed by atoms with Crippen LogP contribution in [0.25, 0.3) is 0 Å². The molecular formula is C17H21NO4. The number of carbonyl (C=O) groups excluding carboxylic acids is 1. The van der Waals surface area contributed by atoms with E-state index in [1.807, 2.05) is 30.3 Å². The number of rotatable bonds is 4. The lowest BCUT2D eigenvalue weighted by Gasteiger charge is -2.38. The fourth-order valence-electron chi connectivity index (χ4n) is 4.04. The normalized spacial score (nSPS) is 37.5. The predicted molar refractivity (Wildman–Crippen MR) is 79.4 cm³/mol. The molecule has 0 aromatic heterocycles. The van der Waals surface area contributed by atoms with Crippen molar-refractivity contribution in [3.63, 3.8) is 0 Å². The standard InChI is InChI=1S/C17H21NO4/c1-18-13-7-11(8-14(18)16-15(13)22-16)21-17(20)12(9-19)10-5-3-2-4-6-10/h2-6,11-16,19H,7-9H2,1H3/t11?,12?,13-,14?,15-,16?/m1/s1. The third kappa shape index (κ3) is 2.24. The van der Waals surface area contributed by atoms with E-state index in [1.54, 1.807) is 0 Å². The summed E-state index contributed by atoms with van der Waals surface area (Å²) < 4.78 is 11.4. The number of hydrogen-bond acceptors (Lipinski definition) is 5. The Labute approximate surface area is 129 Å². The van der Waals surface area contributed by atoms with E-state index in [9.17, 15) is 9.90 Å². The molecule has 0 spiro atoms. The van der Waals surface area contributed by atoms with Crippen LogP contribution in [0.4, 0.5) is 0 Å². The van der Waals surface area contributed by atoms with Gasteiger partial charge in [0.25, 0.3) is 0 Å². The second kappa shape index (κ2) is 5.33. The molecule has 0 amide bonds. The van der Waals surface area contributed by atoms with Gasteiger partial charge in [-0.2, -0.15) is 0 Å². The van der Waals surface area contributed by atoms with Gasteiger partial charge in [0.1, 0.15) is 24.2 Å². The number of piperidine rings is 1. The number of morpholine rings is 1. The highest BCUT2D eigenvalue weighted by Gasteiger charge is 2.62. The maximum absolute atomic E-state index is 12.4. The molecule has 118 valence electrons. The summed E-state index contributed by atoms with van der Waals surface area (Å²) in [5, 5.41) is 9.56. The Morgan fingerprint density at radius 1 is 1.32 bits per heavy atom. The third-order valence-corrected chi connectivity index (χ3v) is 5.33. The second-order valence-corrected chi connectivity index (χ2v) is 6.54. The molecular weight excluding hydrogens is 282 g/mol. The van der Waals surface area contributed by atoms with Crippen LogP contribution in [-0.4, -0.2) is 60.0 Å². The van der Waals surface area contributed by atoms with E-state index in [1.165, 1.54) is 0 Å². The van der Waals surface area contributed by atoms with E-state index in [0.717, 1.165) is 18.4 Å². The Morgan fingerprint density at radius 2 is 1.95 bits per heavy atom. The fourth-order valence-corrected chi connectivity index (χ4v) is 4.04. The van der Waals surface area contributed by atoms with Crippen molar-refractivity contribution in [1.82, 2.24) is 4.90 Å². The lowest BCUT2D eigenvalue weighted by atomic mass is 9.97. The highest BCUT2D eigenvalue weighted by molar-refractivity contribution is 5.78. The van der Waals surface area contributed by atoms with E-state index in [-0.39, 0.29) is 18.7 Å². The molecule has 4 rings (SSSR count). The predicted octanol–water partition coefficient (Wildman–Crippen LogP) is 0.918. The number of likely N-dealkylation sites (N-methyl/N-ethyl adjacent to an activating group) is 1. The van der Waals surface area contributed by atoms with Crippen molar-refractivity contribution in [2.75, 3.05) is 13.7 Å². The molecule has 3 fully saturated rings. The van der Waals surface area contributed by atoms with E-state index < -0.39 is 5.92 Å². The molecule has 3 saturated heterocycles. The minimum absolute atomic E-state index is 0.0622. The Bertz CT molecular complexity index is 545. The van der Waals surface area contributed by atoms with Crippen molar-refractivity contribution in [1.29, 1.82) is 0 Å². The lowest BCUT2D eigenvalue weighted by Crippen LogP contribution is -2.48. The Hall–Kier alpha value is -1.43. The van der Waals surface area contributed by atoms with Gasteiger partial charge in [-0.3, -0.25) is 9.69 Å². The first-order valence-corrected chi connectivity index (χ1v) is 7.92. The number of aliphatic hydroxyl groups excluding tert-OH is 1. The summed E-state index contributed by atoms with van der Waals surface area (Å²) in [4.78, 5) is 14.8. The number of nitrogens with zero attached hydrogens (tertiary/aromatic N) is 1. The summed E-state index contributed by atoms with van der Waals surface area (Å²) in [7, 11) is 2.13. The summed E-state index contributed by atoms with van der Waals surface area (Å²) >= 11 is 0. The molecule has 1 N–H and O–H groups in total. The zero-order valence-corrected chi connectivity index (χ0v) is 12.6. The van der Waals surface area contributed by atoms with Crippen molar-refractivity contribution in [3.8, 4) is 0 Å². The minimum atomic E-state index is -0.593. The Kier molecular flexibility index (Phi) is 3.44. The van der Waals surface area contributed by atoms with Gasteiger partial charge in [0.15, 0.2) is 0 Å². The average molecular weight is 303 g/mol. The summed E-state index contributed by atoms with van der Waals surface area (Å²) in [6, 6.07) is 10.1. The summed E-state index contributed by atoms with van der Waals surface area (Å²) in [5.74, 6) is -0.915. The molecule has 2 bridgehead atoms. The van der Waals surface area contributed by atoms with Gasteiger partial charge < -0.3 is 14.6 Å². The number of carbonyl (C=O) groups is 1. The molecule has 1 aromatic rings. The SMILES string of the molecule is CN1C2CC(OC(=O)C(CO)c3ccccc3)C[C@@H]1[C@H]1OC21. The van der Waals surface area contributed by atoms with Gasteiger partial charge in [-0.05, 0) is 12.6 Å². The fraction of sp³-hybridized carbons (Fsp3) is 0.588. The van der Waals surface area contributed by atoms with Crippen LogP contribution in [0.5, 0.6) is 0 Å². The van der Waals surface area contributed by atoms with Crippen LogP contribution in [0, 0.1) is 0 Å². The van der Waals surface area contributed by atoms with Crippen LogP contribution >= 0.6 is 0 Å². The van der Waals surface area contributed by atoms with Crippen molar-refractivity contribution in [2.45, 2.75) is 49.2 Å². The molecule has 0 aliphatic carbocycles. The maximum Gasteiger partial charge on any atom is 0.316 e. The first-order valence-electron chi connectivity index (χ1n) is 7.92. The van der Waals surface area contributed by atoms with Gasteiger partial charge in [0.2, 0.25) is 0 Å². The monoisotopic (exact) mass is 303 g/mol. The summed E-state index contributed by atoms with van der Waals surface area (Å²) in [6.45, 7) is -0.226. The molecule has 5 heteroatoms. The minimum Gasteiger partial charge on any atom is -0.462 e. The van der Waals surface area contributed by atoms with Crippen molar-refractivity contribution in [3.05, 3.63) is 35.9 Å². The van der Waals surface area contributed by atoms with Crippen LogP contribution in [0.15, 0.2) is 30.3 Å². The van der Waals surface area contributed by atoms with Gasteiger partial charge in [0, 0.05) is 24.9 Å². The van der Waals surface area contributed by atoms with Crippen LogP contribution in [0.3, 0.4) is 0 Å². The van der Waals surface area contributed by atoms with Crippen LogP contribution in [0.2, 0.25) is 0 Å².